The SMILES string of the molecule is COC(c1noc(-c2ccc3c(c2)CNCC3)n1)C(C)C. The monoisotopic (exact) mass is 287 g/mol. The Morgan fingerprint density at radius 3 is 2.90 bits per heavy atom. The molecule has 112 valence electrons. The van der Waals surface area contributed by atoms with Crippen molar-refractivity contribution in [3.8, 4) is 11.5 Å². The zero-order valence-corrected chi connectivity index (χ0v) is 12.7. The quantitative estimate of drug-likeness (QED) is 0.937. The summed E-state index contributed by atoms with van der Waals surface area (Å²) in [4.78, 5) is 4.50. The maximum absolute atomic E-state index is 5.44. The normalized spacial score (nSPS) is 16.0. The summed E-state index contributed by atoms with van der Waals surface area (Å²) in [6.45, 7) is 6.10. The highest BCUT2D eigenvalue weighted by Gasteiger charge is 2.22. The van der Waals surface area contributed by atoms with Crippen molar-refractivity contribution >= 4 is 0 Å². The first-order chi connectivity index (χ1) is 10.2. The Kier molecular flexibility index (Phi) is 4.03. The minimum atomic E-state index is -0.137. The number of hydrogen-bond acceptors (Lipinski definition) is 5. The summed E-state index contributed by atoms with van der Waals surface area (Å²) in [5, 5.41) is 7.45. The molecule has 2 aromatic rings. The van der Waals surface area contributed by atoms with Gasteiger partial charge in [0, 0.05) is 19.2 Å². The smallest absolute Gasteiger partial charge is 0.258 e. The van der Waals surface area contributed by atoms with Crippen molar-refractivity contribution in [3.63, 3.8) is 0 Å². The van der Waals surface area contributed by atoms with Crippen LogP contribution in [0.3, 0.4) is 0 Å². The number of benzene rings is 1. The van der Waals surface area contributed by atoms with E-state index in [1.165, 1.54) is 11.1 Å². The molecule has 2 heterocycles. The molecule has 1 unspecified atom stereocenters. The minimum absolute atomic E-state index is 0.137. The van der Waals surface area contributed by atoms with Gasteiger partial charge in [0.25, 0.3) is 5.89 Å². The van der Waals surface area contributed by atoms with Gasteiger partial charge in [-0.1, -0.05) is 25.1 Å². The predicted octanol–water partition coefficient (Wildman–Crippen LogP) is 2.73. The first kappa shape index (κ1) is 14.2. The lowest BCUT2D eigenvalue weighted by Crippen LogP contribution is -2.23. The lowest BCUT2D eigenvalue weighted by atomic mass is 9.98. The Labute approximate surface area is 124 Å². The molecule has 21 heavy (non-hydrogen) atoms. The standard InChI is InChI=1S/C16H21N3O2/c1-10(2)14(20-3)15-18-16(21-19-15)12-5-4-11-6-7-17-9-13(11)8-12/h4-5,8,10,14,17H,6-7,9H2,1-3H3. The molecule has 0 fully saturated rings. The van der Waals surface area contributed by atoms with E-state index in [9.17, 15) is 0 Å². The molecule has 5 heteroatoms. The molecular formula is C16H21N3O2. The summed E-state index contributed by atoms with van der Waals surface area (Å²) in [6.07, 6.45) is 0.936. The summed E-state index contributed by atoms with van der Waals surface area (Å²) in [5.74, 6) is 1.47. The van der Waals surface area contributed by atoms with Gasteiger partial charge in [-0.2, -0.15) is 4.98 Å². The molecule has 1 N–H and O–H groups in total. The van der Waals surface area contributed by atoms with Crippen LogP contribution in [0, 0.1) is 5.92 Å². The molecule has 1 aliphatic heterocycles. The molecular weight excluding hydrogens is 266 g/mol. The molecule has 3 rings (SSSR count). The Morgan fingerprint density at radius 2 is 2.14 bits per heavy atom. The zero-order chi connectivity index (χ0) is 14.8. The maximum atomic E-state index is 5.44. The van der Waals surface area contributed by atoms with E-state index in [-0.39, 0.29) is 6.10 Å². The van der Waals surface area contributed by atoms with E-state index in [0.29, 0.717) is 17.6 Å². The van der Waals surface area contributed by atoms with Crippen LogP contribution >= 0.6 is 0 Å². The van der Waals surface area contributed by atoms with Crippen molar-refractivity contribution in [2.75, 3.05) is 13.7 Å². The second-order valence-corrected chi connectivity index (χ2v) is 5.77. The van der Waals surface area contributed by atoms with Crippen LogP contribution in [0.25, 0.3) is 11.5 Å². The summed E-state index contributed by atoms with van der Waals surface area (Å²) >= 11 is 0. The van der Waals surface area contributed by atoms with Crippen LogP contribution in [0.2, 0.25) is 0 Å². The van der Waals surface area contributed by atoms with Gasteiger partial charge in [0.05, 0.1) is 0 Å². The van der Waals surface area contributed by atoms with E-state index in [0.717, 1.165) is 25.1 Å². The number of ether oxygens (including phenoxy) is 1. The number of nitrogens with one attached hydrogen (secondary N) is 1. The van der Waals surface area contributed by atoms with Crippen LogP contribution in [0.15, 0.2) is 22.7 Å². The van der Waals surface area contributed by atoms with Gasteiger partial charge in [0.15, 0.2) is 0 Å². The molecule has 1 aromatic heterocycles. The molecule has 0 saturated carbocycles. The van der Waals surface area contributed by atoms with Crippen molar-refractivity contribution in [3.05, 3.63) is 35.2 Å². The highest BCUT2D eigenvalue weighted by molar-refractivity contribution is 5.56. The molecule has 0 aliphatic carbocycles. The Hall–Kier alpha value is -1.72. The lowest BCUT2D eigenvalue weighted by Gasteiger charge is -2.17. The molecule has 0 radical (unpaired) electrons. The summed E-state index contributed by atoms with van der Waals surface area (Å²) in [7, 11) is 1.67. The summed E-state index contributed by atoms with van der Waals surface area (Å²) < 4.78 is 10.9. The van der Waals surface area contributed by atoms with Gasteiger partial charge >= 0.3 is 0 Å². The minimum Gasteiger partial charge on any atom is -0.373 e. The number of aromatic nitrogens is 2. The average Bonchev–Trinajstić information content (AvgIpc) is 2.96. The van der Waals surface area contributed by atoms with Crippen molar-refractivity contribution in [2.24, 2.45) is 5.92 Å². The number of rotatable bonds is 4. The van der Waals surface area contributed by atoms with E-state index in [4.69, 9.17) is 9.26 Å². The van der Waals surface area contributed by atoms with Gasteiger partial charge < -0.3 is 14.6 Å². The average molecular weight is 287 g/mol. The molecule has 1 aliphatic rings. The molecule has 0 saturated heterocycles. The van der Waals surface area contributed by atoms with Crippen molar-refractivity contribution in [2.45, 2.75) is 32.9 Å². The molecule has 1 aromatic carbocycles. The Balaban J connectivity index is 1.89. The molecule has 1 atom stereocenters. The topological polar surface area (TPSA) is 60.2 Å². The highest BCUT2D eigenvalue weighted by atomic mass is 16.5. The molecule has 0 bridgehead atoms. The third-order valence-electron chi connectivity index (χ3n) is 3.90. The molecule has 5 nitrogen and oxygen atoms in total. The number of fused-ring (bicyclic) bond motifs is 1. The van der Waals surface area contributed by atoms with E-state index in [1.807, 2.05) is 0 Å². The maximum Gasteiger partial charge on any atom is 0.258 e. The van der Waals surface area contributed by atoms with Crippen molar-refractivity contribution in [1.29, 1.82) is 0 Å². The summed E-state index contributed by atoms with van der Waals surface area (Å²) in [5.41, 5.74) is 3.68. The van der Waals surface area contributed by atoms with Crippen LogP contribution in [0.5, 0.6) is 0 Å². The van der Waals surface area contributed by atoms with Gasteiger partial charge in [-0.3, -0.25) is 0 Å². The zero-order valence-electron chi connectivity index (χ0n) is 12.7. The number of methoxy groups -OCH3 is 1. The van der Waals surface area contributed by atoms with Crippen LogP contribution in [0.1, 0.15) is 36.9 Å². The van der Waals surface area contributed by atoms with Crippen LogP contribution < -0.4 is 5.32 Å². The van der Waals surface area contributed by atoms with Gasteiger partial charge in [0.2, 0.25) is 5.82 Å². The van der Waals surface area contributed by atoms with Gasteiger partial charge in [0.1, 0.15) is 6.10 Å². The molecule has 0 amide bonds. The third kappa shape index (κ3) is 2.84. The highest BCUT2D eigenvalue weighted by Crippen LogP contribution is 2.27. The largest absolute Gasteiger partial charge is 0.373 e. The number of nitrogens with zero attached hydrogens (tertiary/aromatic N) is 2. The van der Waals surface area contributed by atoms with E-state index in [1.54, 1.807) is 7.11 Å². The lowest BCUT2D eigenvalue weighted by molar-refractivity contribution is 0.0556. The Morgan fingerprint density at radius 1 is 1.29 bits per heavy atom. The van der Waals surface area contributed by atoms with Crippen LogP contribution in [-0.4, -0.2) is 23.8 Å². The van der Waals surface area contributed by atoms with Crippen molar-refractivity contribution in [1.82, 2.24) is 15.5 Å². The van der Waals surface area contributed by atoms with E-state index in [2.05, 4.69) is 47.5 Å². The first-order valence-corrected chi connectivity index (χ1v) is 7.38. The Bertz CT molecular complexity index is 622. The third-order valence-corrected chi connectivity index (χ3v) is 3.90. The van der Waals surface area contributed by atoms with E-state index >= 15 is 0 Å². The molecule has 0 spiro atoms. The first-order valence-electron chi connectivity index (χ1n) is 7.38. The van der Waals surface area contributed by atoms with Gasteiger partial charge in [-0.15, -0.1) is 0 Å². The summed E-state index contributed by atoms with van der Waals surface area (Å²) in [6, 6.07) is 6.35. The predicted molar refractivity (Wildman–Crippen MR) is 79.7 cm³/mol. The second-order valence-electron chi connectivity index (χ2n) is 5.77. The fraction of sp³-hybridized carbons (Fsp3) is 0.500. The fourth-order valence-electron chi connectivity index (χ4n) is 2.76. The van der Waals surface area contributed by atoms with Gasteiger partial charge in [-0.25, -0.2) is 0 Å². The fourth-order valence-corrected chi connectivity index (χ4v) is 2.76. The van der Waals surface area contributed by atoms with Gasteiger partial charge in [-0.05, 0) is 42.1 Å². The van der Waals surface area contributed by atoms with E-state index < -0.39 is 0 Å². The van der Waals surface area contributed by atoms with Crippen LogP contribution in [0.4, 0.5) is 0 Å². The number of hydrogen-bond donors (Lipinski definition) is 1. The van der Waals surface area contributed by atoms with Crippen molar-refractivity contribution < 1.29 is 9.26 Å². The second kappa shape index (κ2) is 5.95. The van der Waals surface area contributed by atoms with Crippen LogP contribution in [-0.2, 0) is 17.7 Å².